The summed E-state index contributed by atoms with van der Waals surface area (Å²) >= 11 is 1.62. The zero-order chi connectivity index (χ0) is 14.0. The van der Waals surface area contributed by atoms with Gasteiger partial charge in [0.2, 0.25) is 0 Å². The Labute approximate surface area is 116 Å². The number of aliphatic carboxylic acids is 1. The SMILES string of the molecule is Cc1ccc(CN(CC(=O)O)C2CCS(=O)(=O)C2)s1. The van der Waals surface area contributed by atoms with Gasteiger partial charge in [-0.15, -0.1) is 11.3 Å². The molecule has 1 unspecified atom stereocenters. The average Bonchev–Trinajstić information content (AvgIpc) is 2.83. The number of carbonyl (C=O) groups is 1. The molecule has 0 aromatic carbocycles. The van der Waals surface area contributed by atoms with Gasteiger partial charge in [-0.2, -0.15) is 0 Å². The van der Waals surface area contributed by atoms with Gasteiger partial charge in [0.1, 0.15) is 0 Å². The first-order chi connectivity index (χ1) is 8.85. The molecule has 19 heavy (non-hydrogen) atoms. The first-order valence-electron chi connectivity index (χ1n) is 6.07. The molecule has 1 aromatic heterocycles. The Morgan fingerprint density at radius 3 is 2.74 bits per heavy atom. The highest BCUT2D eigenvalue weighted by Crippen LogP contribution is 2.23. The standard InChI is InChI=1S/C12H17NO4S2/c1-9-2-3-11(18-9)6-13(7-12(14)15)10-4-5-19(16,17)8-10/h2-3,10H,4-8H2,1H3,(H,14,15). The second-order valence-electron chi connectivity index (χ2n) is 4.87. The number of sulfone groups is 1. The van der Waals surface area contributed by atoms with Gasteiger partial charge in [0.25, 0.3) is 0 Å². The van der Waals surface area contributed by atoms with E-state index in [1.165, 1.54) is 4.88 Å². The minimum Gasteiger partial charge on any atom is -0.480 e. The van der Waals surface area contributed by atoms with Crippen molar-refractivity contribution in [3.8, 4) is 0 Å². The summed E-state index contributed by atoms with van der Waals surface area (Å²) in [6.45, 7) is 2.39. The highest BCUT2D eigenvalue weighted by molar-refractivity contribution is 7.91. The molecule has 0 radical (unpaired) electrons. The number of thiophene rings is 1. The van der Waals surface area contributed by atoms with Gasteiger partial charge >= 0.3 is 5.97 Å². The van der Waals surface area contributed by atoms with Gasteiger partial charge in [-0.25, -0.2) is 8.42 Å². The number of hydrogen-bond donors (Lipinski definition) is 1. The second-order valence-corrected chi connectivity index (χ2v) is 8.47. The van der Waals surface area contributed by atoms with E-state index in [-0.39, 0.29) is 24.1 Å². The summed E-state index contributed by atoms with van der Waals surface area (Å²) < 4.78 is 23.0. The molecule has 7 heteroatoms. The van der Waals surface area contributed by atoms with Crippen LogP contribution in [0.3, 0.4) is 0 Å². The maximum Gasteiger partial charge on any atom is 0.317 e. The molecule has 1 fully saturated rings. The van der Waals surface area contributed by atoms with E-state index < -0.39 is 15.8 Å². The number of aryl methyl sites for hydroxylation is 1. The van der Waals surface area contributed by atoms with Crippen molar-refractivity contribution in [2.75, 3.05) is 18.1 Å². The van der Waals surface area contributed by atoms with Crippen LogP contribution < -0.4 is 0 Å². The summed E-state index contributed by atoms with van der Waals surface area (Å²) in [7, 11) is -2.99. The zero-order valence-electron chi connectivity index (χ0n) is 10.7. The molecule has 2 rings (SSSR count). The topological polar surface area (TPSA) is 74.7 Å². The summed E-state index contributed by atoms with van der Waals surface area (Å²) in [6, 6.07) is 3.78. The Morgan fingerprint density at radius 1 is 1.53 bits per heavy atom. The van der Waals surface area contributed by atoms with Gasteiger partial charge in [-0.1, -0.05) is 0 Å². The molecule has 0 amide bonds. The quantitative estimate of drug-likeness (QED) is 0.882. The van der Waals surface area contributed by atoms with Crippen LogP contribution in [0.4, 0.5) is 0 Å². The van der Waals surface area contributed by atoms with Crippen LogP contribution in [0.25, 0.3) is 0 Å². The molecule has 1 aromatic rings. The average molecular weight is 303 g/mol. The fourth-order valence-electron chi connectivity index (χ4n) is 2.32. The predicted octanol–water partition coefficient (Wildman–Crippen LogP) is 1.13. The van der Waals surface area contributed by atoms with E-state index in [1.54, 1.807) is 16.2 Å². The number of carboxylic acid groups (broad SMARTS) is 1. The number of nitrogens with zero attached hydrogens (tertiary/aromatic N) is 1. The van der Waals surface area contributed by atoms with Crippen molar-refractivity contribution in [2.45, 2.75) is 25.9 Å². The van der Waals surface area contributed by atoms with Crippen molar-refractivity contribution >= 4 is 27.1 Å². The van der Waals surface area contributed by atoms with Gasteiger partial charge < -0.3 is 5.11 Å². The van der Waals surface area contributed by atoms with Gasteiger partial charge in [0, 0.05) is 22.3 Å². The maximum absolute atomic E-state index is 11.5. The molecule has 1 aliphatic heterocycles. The third-order valence-electron chi connectivity index (χ3n) is 3.22. The molecule has 1 saturated heterocycles. The molecule has 1 atom stereocenters. The molecule has 106 valence electrons. The maximum atomic E-state index is 11.5. The predicted molar refractivity (Wildman–Crippen MR) is 74.2 cm³/mol. The zero-order valence-corrected chi connectivity index (χ0v) is 12.3. The van der Waals surface area contributed by atoms with Crippen LogP contribution in [0.15, 0.2) is 12.1 Å². The van der Waals surface area contributed by atoms with E-state index in [0.717, 1.165) is 4.88 Å². The largest absolute Gasteiger partial charge is 0.480 e. The van der Waals surface area contributed by atoms with Gasteiger partial charge in [-0.05, 0) is 25.5 Å². The number of hydrogen-bond acceptors (Lipinski definition) is 5. The van der Waals surface area contributed by atoms with E-state index in [2.05, 4.69) is 0 Å². The van der Waals surface area contributed by atoms with Crippen molar-refractivity contribution in [1.82, 2.24) is 4.90 Å². The molecule has 0 spiro atoms. The highest BCUT2D eigenvalue weighted by atomic mass is 32.2. The Hall–Kier alpha value is -0.920. The lowest BCUT2D eigenvalue weighted by Gasteiger charge is -2.25. The van der Waals surface area contributed by atoms with E-state index in [4.69, 9.17) is 5.11 Å². The third kappa shape index (κ3) is 4.02. The first-order valence-corrected chi connectivity index (χ1v) is 8.71. The van der Waals surface area contributed by atoms with Crippen molar-refractivity contribution in [1.29, 1.82) is 0 Å². The van der Waals surface area contributed by atoms with Crippen LogP contribution in [0.2, 0.25) is 0 Å². The molecule has 0 bridgehead atoms. The fraction of sp³-hybridized carbons (Fsp3) is 0.583. The van der Waals surface area contributed by atoms with Crippen LogP contribution in [0, 0.1) is 6.92 Å². The molecule has 0 aliphatic carbocycles. The summed E-state index contributed by atoms with van der Waals surface area (Å²) in [4.78, 5) is 14.9. The fourth-order valence-corrected chi connectivity index (χ4v) is 5.00. The van der Waals surface area contributed by atoms with Gasteiger partial charge in [0.05, 0.1) is 18.1 Å². The monoisotopic (exact) mass is 303 g/mol. The highest BCUT2D eigenvalue weighted by Gasteiger charge is 2.33. The lowest BCUT2D eigenvalue weighted by molar-refractivity contribution is -0.139. The van der Waals surface area contributed by atoms with Crippen LogP contribution in [-0.2, 0) is 21.2 Å². The number of rotatable bonds is 5. The Balaban J connectivity index is 2.10. The lowest BCUT2D eigenvalue weighted by Crippen LogP contribution is -2.39. The first kappa shape index (κ1) is 14.5. The molecule has 1 N–H and O–H groups in total. The van der Waals surface area contributed by atoms with E-state index in [9.17, 15) is 13.2 Å². The molecule has 0 saturated carbocycles. The Morgan fingerprint density at radius 2 is 2.26 bits per heavy atom. The van der Waals surface area contributed by atoms with Gasteiger partial charge in [0.15, 0.2) is 9.84 Å². The van der Waals surface area contributed by atoms with Crippen molar-refractivity contribution in [3.05, 3.63) is 21.9 Å². The van der Waals surface area contributed by atoms with Crippen molar-refractivity contribution < 1.29 is 18.3 Å². The van der Waals surface area contributed by atoms with Crippen LogP contribution in [-0.4, -0.2) is 48.5 Å². The lowest BCUT2D eigenvalue weighted by atomic mass is 10.2. The van der Waals surface area contributed by atoms with E-state index >= 15 is 0 Å². The molecule has 5 nitrogen and oxygen atoms in total. The molecular weight excluding hydrogens is 286 g/mol. The van der Waals surface area contributed by atoms with Gasteiger partial charge in [-0.3, -0.25) is 9.69 Å². The van der Waals surface area contributed by atoms with E-state index in [1.807, 2.05) is 19.1 Å². The Kier molecular flexibility index (Phi) is 4.27. The third-order valence-corrected chi connectivity index (χ3v) is 5.95. The van der Waals surface area contributed by atoms with Crippen LogP contribution in [0.1, 0.15) is 16.2 Å². The van der Waals surface area contributed by atoms with E-state index in [0.29, 0.717) is 13.0 Å². The summed E-state index contributed by atoms with van der Waals surface area (Å²) in [5.74, 6) is -0.681. The summed E-state index contributed by atoms with van der Waals surface area (Å²) in [5, 5.41) is 8.97. The number of carboxylic acids is 1. The molecule has 2 heterocycles. The molecular formula is C12H17NO4S2. The summed E-state index contributed by atoms with van der Waals surface area (Å²) in [5.41, 5.74) is 0. The minimum atomic E-state index is -2.99. The van der Waals surface area contributed by atoms with Crippen molar-refractivity contribution in [3.63, 3.8) is 0 Å². The Bertz CT molecular complexity index is 564. The van der Waals surface area contributed by atoms with Crippen molar-refractivity contribution in [2.24, 2.45) is 0 Å². The summed E-state index contributed by atoms with van der Waals surface area (Å²) in [6.07, 6.45) is 0.528. The van der Waals surface area contributed by atoms with Crippen LogP contribution >= 0.6 is 11.3 Å². The second kappa shape index (κ2) is 5.60. The smallest absolute Gasteiger partial charge is 0.317 e. The normalized spacial score (nSPS) is 21.9. The molecule has 1 aliphatic rings. The van der Waals surface area contributed by atoms with Crippen LogP contribution in [0.5, 0.6) is 0 Å². The minimum absolute atomic E-state index is 0.0740.